The molecule has 104 valence electrons. The zero-order chi connectivity index (χ0) is 14.1. The summed E-state index contributed by atoms with van der Waals surface area (Å²) in [4.78, 5) is 2.26. The van der Waals surface area contributed by atoms with E-state index >= 15 is 0 Å². The molecule has 1 aliphatic heterocycles. The summed E-state index contributed by atoms with van der Waals surface area (Å²) in [5.41, 5.74) is 10.7. The first-order valence-corrected chi connectivity index (χ1v) is 7.02. The molecule has 1 heterocycles. The van der Waals surface area contributed by atoms with Crippen LogP contribution in [0.25, 0.3) is 0 Å². The van der Waals surface area contributed by atoms with E-state index in [4.69, 9.17) is 5.73 Å². The SMILES string of the molecule is Cc1ccc2c(c1)CCCN2Cc1ccc(N)cc1F. The third-order valence-electron chi connectivity index (χ3n) is 3.89. The number of hydrogen-bond donors (Lipinski definition) is 1. The lowest BCUT2D eigenvalue weighted by Gasteiger charge is -2.31. The fourth-order valence-electron chi connectivity index (χ4n) is 2.87. The molecule has 0 aliphatic carbocycles. The summed E-state index contributed by atoms with van der Waals surface area (Å²) >= 11 is 0. The Morgan fingerprint density at radius 1 is 1.20 bits per heavy atom. The maximum Gasteiger partial charge on any atom is 0.130 e. The van der Waals surface area contributed by atoms with Crippen molar-refractivity contribution < 1.29 is 4.39 Å². The molecule has 3 rings (SSSR count). The summed E-state index contributed by atoms with van der Waals surface area (Å²) in [7, 11) is 0. The highest BCUT2D eigenvalue weighted by Gasteiger charge is 2.18. The predicted molar refractivity (Wildman–Crippen MR) is 81.4 cm³/mol. The summed E-state index contributed by atoms with van der Waals surface area (Å²) in [5.74, 6) is -0.218. The highest BCUT2D eigenvalue weighted by molar-refractivity contribution is 5.57. The van der Waals surface area contributed by atoms with Crippen molar-refractivity contribution in [2.45, 2.75) is 26.3 Å². The van der Waals surface area contributed by atoms with Gasteiger partial charge in [-0.05, 0) is 43.5 Å². The summed E-state index contributed by atoms with van der Waals surface area (Å²) in [6.07, 6.45) is 2.23. The number of aryl methyl sites for hydroxylation is 2. The van der Waals surface area contributed by atoms with E-state index in [0.29, 0.717) is 17.8 Å². The van der Waals surface area contributed by atoms with Crippen molar-refractivity contribution in [3.8, 4) is 0 Å². The number of rotatable bonds is 2. The highest BCUT2D eigenvalue weighted by Crippen LogP contribution is 2.29. The van der Waals surface area contributed by atoms with Gasteiger partial charge < -0.3 is 10.6 Å². The van der Waals surface area contributed by atoms with Gasteiger partial charge in [-0.25, -0.2) is 4.39 Å². The largest absolute Gasteiger partial charge is 0.399 e. The summed E-state index contributed by atoms with van der Waals surface area (Å²) in [5, 5.41) is 0. The number of nitrogens with two attached hydrogens (primary N) is 1. The molecule has 2 N–H and O–H groups in total. The predicted octanol–water partition coefficient (Wildman–Crippen LogP) is 3.67. The fourth-order valence-corrected chi connectivity index (χ4v) is 2.87. The first-order valence-electron chi connectivity index (χ1n) is 7.02. The third-order valence-corrected chi connectivity index (χ3v) is 3.89. The van der Waals surface area contributed by atoms with Crippen LogP contribution in [-0.4, -0.2) is 6.54 Å². The van der Waals surface area contributed by atoms with Crippen molar-refractivity contribution in [3.63, 3.8) is 0 Å². The minimum Gasteiger partial charge on any atom is -0.399 e. The first kappa shape index (κ1) is 13.0. The zero-order valence-corrected chi connectivity index (χ0v) is 11.7. The van der Waals surface area contributed by atoms with Crippen LogP contribution >= 0.6 is 0 Å². The van der Waals surface area contributed by atoms with E-state index < -0.39 is 0 Å². The Morgan fingerprint density at radius 2 is 2.05 bits per heavy atom. The lowest BCUT2D eigenvalue weighted by atomic mass is 9.99. The number of nitrogens with zero attached hydrogens (tertiary/aromatic N) is 1. The minimum atomic E-state index is -0.218. The van der Waals surface area contributed by atoms with E-state index in [1.165, 1.54) is 22.9 Å². The molecule has 0 spiro atoms. The number of nitrogen functional groups attached to an aromatic ring is 1. The second-order valence-electron chi connectivity index (χ2n) is 5.51. The van der Waals surface area contributed by atoms with Gasteiger partial charge in [0.1, 0.15) is 5.82 Å². The van der Waals surface area contributed by atoms with Crippen molar-refractivity contribution in [1.82, 2.24) is 0 Å². The van der Waals surface area contributed by atoms with Crippen LogP contribution in [0.5, 0.6) is 0 Å². The fraction of sp³-hybridized carbons (Fsp3) is 0.294. The van der Waals surface area contributed by atoms with Crippen molar-refractivity contribution in [2.24, 2.45) is 0 Å². The van der Waals surface area contributed by atoms with Gasteiger partial charge in [0, 0.05) is 30.0 Å². The molecule has 0 unspecified atom stereocenters. The van der Waals surface area contributed by atoms with Crippen molar-refractivity contribution in [2.75, 3.05) is 17.2 Å². The van der Waals surface area contributed by atoms with Gasteiger partial charge in [-0.1, -0.05) is 23.8 Å². The molecule has 0 aromatic heterocycles. The van der Waals surface area contributed by atoms with Gasteiger partial charge in [-0.15, -0.1) is 0 Å². The monoisotopic (exact) mass is 270 g/mol. The van der Waals surface area contributed by atoms with Crippen LogP contribution in [0.4, 0.5) is 15.8 Å². The molecule has 1 aliphatic rings. The van der Waals surface area contributed by atoms with Gasteiger partial charge >= 0.3 is 0 Å². The maximum atomic E-state index is 13.9. The minimum absolute atomic E-state index is 0.218. The van der Waals surface area contributed by atoms with E-state index in [0.717, 1.165) is 19.4 Å². The van der Waals surface area contributed by atoms with Gasteiger partial charge in [0.05, 0.1) is 0 Å². The van der Waals surface area contributed by atoms with Crippen LogP contribution in [0.3, 0.4) is 0 Å². The number of hydrogen-bond acceptors (Lipinski definition) is 2. The smallest absolute Gasteiger partial charge is 0.130 e. The molecule has 2 nitrogen and oxygen atoms in total. The Hall–Kier alpha value is -2.03. The van der Waals surface area contributed by atoms with Crippen molar-refractivity contribution in [1.29, 1.82) is 0 Å². The average molecular weight is 270 g/mol. The lowest BCUT2D eigenvalue weighted by Crippen LogP contribution is -2.29. The van der Waals surface area contributed by atoms with Gasteiger partial charge in [0.25, 0.3) is 0 Å². The Kier molecular flexibility index (Phi) is 3.35. The third kappa shape index (κ3) is 2.48. The summed E-state index contributed by atoms with van der Waals surface area (Å²) in [6.45, 7) is 3.68. The van der Waals surface area contributed by atoms with Gasteiger partial charge in [0.2, 0.25) is 0 Å². The number of halogens is 1. The van der Waals surface area contributed by atoms with Crippen LogP contribution in [0.1, 0.15) is 23.1 Å². The second kappa shape index (κ2) is 5.16. The van der Waals surface area contributed by atoms with Crippen LogP contribution in [-0.2, 0) is 13.0 Å². The van der Waals surface area contributed by atoms with Crippen LogP contribution in [0, 0.1) is 12.7 Å². The molecular weight excluding hydrogens is 251 g/mol. The maximum absolute atomic E-state index is 13.9. The van der Waals surface area contributed by atoms with Gasteiger partial charge in [0.15, 0.2) is 0 Å². The molecule has 0 bridgehead atoms. The molecule has 2 aromatic rings. The van der Waals surface area contributed by atoms with Crippen molar-refractivity contribution >= 4 is 11.4 Å². The Bertz CT molecular complexity index is 637. The van der Waals surface area contributed by atoms with E-state index in [1.54, 1.807) is 12.1 Å². The number of fused-ring (bicyclic) bond motifs is 1. The molecule has 0 saturated heterocycles. The molecule has 0 amide bonds. The van der Waals surface area contributed by atoms with E-state index in [1.807, 2.05) is 0 Å². The first-order chi connectivity index (χ1) is 9.63. The second-order valence-corrected chi connectivity index (χ2v) is 5.51. The summed E-state index contributed by atoms with van der Waals surface area (Å²) in [6, 6.07) is 11.5. The molecule has 2 aromatic carbocycles. The summed E-state index contributed by atoms with van der Waals surface area (Å²) < 4.78 is 13.9. The van der Waals surface area contributed by atoms with E-state index in [2.05, 4.69) is 30.0 Å². The number of benzene rings is 2. The van der Waals surface area contributed by atoms with Crippen LogP contribution in [0.15, 0.2) is 36.4 Å². The number of anilines is 2. The Labute approximate surface area is 119 Å². The molecule has 0 radical (unpaired) electrons. The molecule has 3 heteroatoms. The molecule has 0 saturated carbocycles. The molecule has 0 atom stereocenters. The van der Waals surface area contributed by atoms with Gasteiger partial charge in [-0.3, -0.25) is 0 Å². The quantitative estimate of drug-likeness (QED) is 0.844. The Balaban J connectivity index is 1.89. The normalized spacial score (nSPS) is 14.2. The standard InChI is InChI=1S/C17H19FN2/c1-12-4-7-17-13(9-12)3-2-8-20(17)11-14-5-6-15(19)10-16(14)18/h4-7,9-10H,2-3,8,11,19H2,1H3. The molecule has 0 fully saturated rings. The topological polar surface area (TPSA) is 29.3 Å². The van der Waals surface area contributed by atoms with E-state index in [-0.39, 0.29) is 5.82 Å². The van der Waals surface area contributed by atoms with Crippen LogP contribution in [0.2, 0.25) is 0 Å². The average Bonchev–Trinajstić information content (AvgIpc) is 2.41. The lowest BCUT2D eigenvalue weighted by molar-refractivity contribution is 0.598. The van der Waals surface area contributed by atoms with Gasteiger partial charge in [-0.2, -0.15) is 0 Å². The van der Waals surface area contributed by atoms with Crippen LogP contribution < -0.4 is 10.6 Å². The van der Waals surface area contributed by atoms with Crippen molar-refractivity contribution in [3.05, 3.63) is 58.9 Å². The Morgan fingerprint density at radius 3 is 2.85 bits per heavy atom. The molecule has 20 heavy (non-hydrogen) atoms. The zero-order valence-electron chi connectivity index (χ0n) is 11.7. The van der Waals surface area contributed by atoms with E-state index in [9.17, 15) is 4.39 Å². The highest BCUT2D eigenvalue weighted by atomic mass is 19.1. The molecular formula is C17H19FN2.